The number of benzene rings is 1. The van der Waals surface area contributed by atoms with Crippen LogP contribution in [0.4, 0.5) is 5.69 Å². The molecule has 0 spiro atoms. The van der Waals surface area contributed by atoms with Crippen LogP contribution in [-0.4, -0.2) is 48.0 Å². The number of hydrogen-bond donors (Lipinski definition) is 0. The fraction of sp³-hybridized carbons (Fsp3) is 0.348. The number of carbonyl (C=O) groups is 1. The number of nitrogens with zero attached hydrogens (tertiary/aromatic N) is 4. The summed E-state index contributed by atoms with van der Waals surface area (Å²) in [4.78, 5) is 27.8. The second-order valence-corrected chi connectivity index (χ2v) is 8.71. The number of anilines is 1. The molecular formula is C23H26N4OS. The summed E-state index contributed by atoms with van der Waals surface area (Å²) in [5, 5.41) is 2.06. The predicted molar refractivity (Wildman–Crippen MR) is 119 cm³/mol. The number of thiophene rings is 1. The van der Waals surface area contributed by atoms with E-state index in [2.05, 4.69) is 11.4 Å². The van der Waals surface area contributed by atoms with Crippen molar-refractivity contribution in [1.29, 1.82) is 0 Å². The Morgan fingerprint density at radius 1 is 1.17 bits per heavy atom. The summed E-state index contributed by atoms with van der Waals surface area (Å²) in [7, 11) is 4.00. The van der Waals surface area contributed by atoms with Gasteiger partial charge in [0.15, 0.2) is 0 Å². The molecule has 1 aliphatic heterocycles. The van der Waals surface area contributed by atoms with Crippen LogP contribution >= 0.6 is 11.3 Å². The third-order valence-corrected chi connectivity index (χ3v) is 6.24. The molecule has 5 nitrogen and oxygen atoms in total. The molecule has 3 heterocycles. The molecule has 0 saturated carbocycles. The molecule has 2 aromatic heterocycles. The summed E-state index contributed by atoms with van der Waals surface area (Å²) in [6, 6.07) is 14.0. The molecule has 150 valence electrons. The minimum atomic E-state index is 0.0890. The SMILES string of the molecule is Cc1cc(-c2cccs2)nc([C@H]2CCCN(C(=O)c3ccc(N(C)C)cc3)C2)n1. The number of piperidine rings is 1. The fourth-order valence-electron chi connectivity index (χ4n) is 3.78. The Labute approximate surface area is 176 Å². The maximum atomic E-state index is 13.1. The largest absolute Gasteiger partial charge is 0.378 e. The van der Waals surface area contributed by atoms with Gasteiger partial charge in [0.1, 0.15) is 5.82 Å². The van der Waals surface area contributed by atoms with Crippen LogP contribution in [0.25, 0.3) is 10.6 Å². The second-order valence-electron chi connectivity index (χ2n) is 7.76. The van der Waals surface area contributed by atoms with Gasteiger partial charge in [0, 0.05) is 50.0 Å². The first-order valence-electron chi connectivity index (χ1n) is 9.97. The number of amides is 1. The van der Waals surface area contributed by atoms with Gasteiger partial charge < -0.3 is 9.80 Å². The molecule has 29 heavy (non-hydrogen) atoms. The summed E-state index contributed by atoms with van der Waals surface area (Å²) in [5.74, 6) is 1.12. The number of likely N-dealkylation sites (tertiary alicyclic amines) is 1. The van der Waals surface area contributed by atoms with E-state index < -0.39 is 0 Å². The first-order valence-corrected chi connectivity index (χ1v) is 10.9. The Hall–Kier alpha value is -2.73. The van der Waals surface area contributed by atoms with Crippen LogP contribution in [0.15, 0.2) is 47.8 Å². The highest BCUT2D eigenvalue weighted by Crippen LogP contribution is 2.29. The van der Waals surface area contributed by atoms with Gasteiger partial charge in [-0.05, 0) is 61.5 Å². The van der Waals surface area contributed by atoms with Crippen LogP contribution in [0.3, 0.4) is 0 Å². The van der Waals surface area contributed by atoms with Crippen molar-refractivity contribution >= 4 is 22.9 Å². The average Bonchev–Trinajstić information content (AvgIpc) is 3.28. The molecule has 0 N–H and O–H groups in total. The molecule has 0 bridgehead atoms. The molecule has 1 aromatic carbocycles. The minimum Gasteiger partial charge on any atom is -0.378 e. The van der Waals surface area contributed by atoms with Crippen LogP contribution in [0.1, 0.15) is 40.6 Å². The maximum absolute atomic E-state index is 13.1. The Balaban J connectivity index is 1.53. The number of aromatic nitrogens is 2. The van der Waals surface area contributed by atoms with Gasteiger partial charge in [-0.3, -0.25) is 4.79 Å². The molecule has 1 saturated heterocycles. The topological polar surface area (TPSA) is 49.3 Å². The van der Waals surface area contributed by atoms with E-state index >= 15 is 0 Å². The van der Waals surface area contributed by atoms with Crippen molar-refractivity contribution in [2.24, 2.45) is 0 Å². The van der Waals surface area contributed by atoms with Crippen molar-refractivity contribution in [3.8, 4) is 10.6 Å². The Kier molecular flexibility index (Phi) is 5.62. The van der Waals surface area contributed by atoms with Gasteiger partial charge in [0.25, 0.3) is 5.91 Å². The zero-order chi connectivity index (χ0) is 20.4. The van der Waals surface area contributed by atoms with Crippen LogP contribution in [0.5, 0.6) is 0 Å². The van der Waals surface area contributed by atoms with Gasteiger partial charge >= 0.3 is 0 Å². The van der Waals surface area contributed by atoms with E-state index in [-0.39, 0.29) is 11.8 Å². The molecule has 6 heteroatoms. The highest BCUT2D eigenvalue weighted by molar-refractivity contribution is 7.13. The second kappa shape index (κ2) is 8.33. The van der Waals surface area contributed by atoms with E-state index in [1.165, 1.54) is 0 Å². The molecule has 1 aliphatic rings. The average molecular weight is 407 g/mol. The standard InChI is InChI=1S/C23H26N4OS/c1-16-14-20(21-7-5-13-29-21)25-22(24-16)18-6-4-12-27(15-18)23(28)17-8-10-19(11-9-17)26(2)3/h5,7-11,13-14,18H,4,6,12,15H2,1-3H3/t18-/m0/s1. The van der Waals surface area contributed by atoms with Crippen molar-refractivity contribution < 1.29 is 4.79 Å². The van der Waals surface area contributed by atoms with E-state index in [0.29, 0.717) is 6.54 Å². The Bertz CT molecular complexity index is 983. The minimum absolute atomic E-state index is 0.0890. The third-order valence-electron chi connectivity index (χ3n) is 5.35. The number of carbonyl (C=O) groups excluding carboxylic acids is 1. The van der Waals surface area contributed by atoms with Gasteiger partial charge in [0.2, 0.25) is 0 Å². The first kappa shape index (κ1) is 19.6. The van der Waals surface area contributed by atoms with Crippen LogP contribution in [0, 0.1) is 6.92 Å². The summed E-state index contributed by atoms with van der Waals surface area (Å²) in [5.41, 5.74) is 3.78. The molecule has 4 rings (SSSR count). The van der Waals surface area contributed by atoms with Gasteiger partial charge in [-0.25, -0.2) is 9.97 Å². The molecule has 0 radical (unpaired) electrons. The van der Waals surface area contributed by atoms with E-state index in [1.807, 2.05) is 67.2 Å². The first-order chi connectivity index (χ1) is 14.0. The van der Waals surface area contributed by atoms with Gasteiger partial charge in [-0.2, -0.15) is 0 Å². The van der Waals surface area contributed by atoms with Crippen molar-refractivity contribution in [1.82, 2.24) is 14.9 Å². The third kappa shape index (κ3) is 4.32. The van der Waals surface area contributed by atoms with Gasteiger partial charge in [-0.15, -0.1) is 11.3 Å². The fourth-order valence-corrected chi connectivity index (χ4v) is 4.47. The Morgan fingerprint density at radius 2 is 1.97 bits per heavy atom. The zero-order valence-electron chi connectivity index (χ0n) is 17.1. The molecular weight excluding hydrogens is 380 g/mol. The van der Waals surface area contributed by atoms with Crippen LogP contribution in [0.2, 0.25) is 0 Å². The highest BCUT2D eigenvalue weighted by Gasteiger charge is 2.27. The number of hydrogen-bond acceptors (Lipinski definition) is 5. The van der Waals surface area contributed by atoms with E-state index in [1.54, 1.807) is 11.3 Å². The summed E-state index contributed by atoms with van der Waals surface area (Å²) in [6.45, 7) is 3.47. The highest BCUT2D eigenvalue weighted by atomic mass is 32.1. The number of rotatable bonds is 4. The molecule has 1 fully saturated rings. The van der Waals surface area contributed by atoms with Gasteiger partial charge in [0.05, 0.1) is 10.6 Å². The molecule has 1 amide bonds. The van der Waals surface area contributed by atoms with Crippen LogP contribution in [-0.2, 0) is 0 Å². The van der Waals surface area contributed by atoms with Crippen molar-refractivity contribution in [3.63, 3.8) is 0 Å². The summed E-state index contributed by atoms with van der Waals surface area (Å²) in [6.07, 6.45) is 1.98. The number of aryl methyl sites for hydroxylation is 1. The maximum Gasteiger partial charge on any atom is 0.253 e. The zero-order valence-corrected chi connectivity index (χ0v) is 17.9. The quantitative estimate of drug-likeness (QED) is 0.635. The Morgan fingerprint density at radius 3 is 2.66 bits per heavy atom. The molecule has 0 aliphatic carbocycles. The smallest absolute Gasteiger partial charge is 0.253 e. The summed E-state index contributed by atoms with van der Waals surface area (Å²) >= 11 is 1.69. The van der Waals surface area contributed by atoms with Crippen LogP contribution < -0.4 is 4.90 Å². The molecule has 0 unspecified atom stereocenters. The lowest BCUT2D eigenvalue weighted by atomic mass is 9.96. The lowest BCUT2D eigenvalue weighted by Crippen LogP contribution is -2.39. The van der Waals surface area contributed by atoms with Crippen molar-refractivity contribution in [2.45, 2.75) is 25.7 Å². The molecule has 1 atom stereocenters. The normalized spacial score (nSPS) is 16.7. The van der Waals surface area contributed by atoms with E-state index in [4.69, 9.17) is 9.97 Å². The van der Waals surface area contributed by atoms with Crippen molar-refractivity contribution in [2.75, 3.05) is 32.1 Å². The monoisotopic (exact) mass is 406 g/mol. The predicted octanol–water partition coefficient (Wildman–Crippen LogP) is 4.60. The van der Waals surface area contributed by atoms with E-state index in [0.717, 1.165) is 52.7 Å². The van der Waals surface area contributed by atoms with Gasteiger partial charge in [-0.1, -0.05) is 6.07 Å². The lowest BCUT2D eigenvalue weighted by molar-refractivity contribution is 0.0704. The van der Waals surface area contributed by atoms with E-state index in [9.17, 15) is 4.79 Å². The summed E-state index contributed by atoms with van der Waals surface area (Å²) < 4.78 is 0. The molecule has 3 aromatic rings. The van der Waals surface area contributed by atoms with Crippen molar-refractivity contribution in [3.05, 3.63) is 64.9 Å². The lowest BCUT2D eigenvalue weighted by Gasteiger charge is -2.32.